The number of halogens is 1. The van der Waals surface area contributed by atoms with Crippen molar-refractivity contribution in [3.8, 4) is 5.75 Å². The maximum atomic E-state index is 14.6. The summed E-state index contributed by atoms with van der Waals surface area (Å²) in [5, 5.41) is 0. The van der Waals surface area contributed by atoms with E-state index in [4.69, 9.17) is 4.74 Å². The first kappa shape index (κ1) is 20.5. The second-order valence-electron chi connectivity index (χ2n) is 6.58. The minimum atomic E-state index is -0.121. The summed E-state index contributed by atoms with van der Waals surface area (Å²) in [6.45, 7) is 16.2. The molecule has 0 aliphatic heterocycles. The fourth-order valence-electron chi connectivity index (χ4n) is 3.35. The van der Waals surface area contributed by atoms with Gasteiger partial charge in [0, 0.05) is 11.6 Å². The van der Waals surface area contributed by atoms with E-state index in [-0.39, 0.29) is 11.9 Å². The average Bonchev–Trinajstić information content (AvgIpc) is 2.63. The molecule has 0 bridgehead atoms. The van der Waals surface area contributed by atoms with Crippen LogP contribution in [-0.2, 0) is 0 Å². The van der Waals surface area contributed by atoms with Gasteiger partial charge in [0.2, 0.25) is 0 Å². The molecular weight excluding hydrogens is 299 g/mol. The van der Waals surface area contributed by atoms with Gasteiger partial charge in [0.15, 0.2) is 0 Å². The van der Waals surface area contributed by atoms with Crippen LogP contribution in [0.25, 0.3) is 6.08 Å². The van der Waals surface area contributed by atoms with Crippen LogP contribution in [0.4, 0.5) is 4.39 Å². The van der Waals surface area contributed by atoms with Gasteiger partial charge in [-0.05, 0) is 62.5 Å². The van der Waals surface area contributed by atoms with Gasteiger partial charge in [-0.1, -0.05) is 32.9 Å². The lowest BCUT2D eigenvalue weighted by Crippen LogP contribution is -2.15. The van der Waals surface area contributed by atoms with Crippen molar-refractivity contribution >= 4 is 6.08 Å². The van der Waals surface area contributed by atoms with Gasteiger partial charge in [-0.25, -0.2) is 4.39 Å². The molecule has 1 aliphatic carbocycles. The largest absolute Gasteiger partial charge is 0.490 e. The lowest BCUT2D eigenvalue weighted by atomic mass is 9.77. The van der Waals surface area contributed by atoms with E-state index in [1.807, 2.05) is 13.0 Å². The summed E-state index contributed by atoms with van der Waals surface area (Å²) in [6.07, 6.45) is 8.64. The Labute approximate surface area is 147 Å². The lowest BCUT2D eigenvalue weighted by molar-refractivity contribution is 0.216. The highest BCUT2D eigenvalue weighted by Crippen LogP contribution is 2.39. The monoisotopic (exact) mass is 332 g/mol. The molecule has 2 heteroatoms. The SMILES string of the molecule is C=C.C=Cc1cc(C2CCC(CC)CC2)c(F)cc1OC(C)CC. The second-order valence-corrected chi connectivity index (χ2v) is 6.58. The molecule has 1 aromatic rings. The zero-order chi connectivity index (χ0) is 18.1. The van der Waals surface area contributed by atoms with E-state index in [1.54, 1.807) is 12.1 Å². The molecule has 1 aromatic carbocycles. The van der Waals surface area contributed by atoms with Crippen LogP contribution in [0.1, 0.15) is 76.3 Å². The highest BCUT2D eigenvalue weighted by molar-refractivity contribution is 5.57. The van der Waals surface area contributed by atoms with Crippen molar-refractivity contribution in [3.63, 3.8) is 0 Å². The van der Waals surface area contributed by atoms with Crippen LogP contribution in [0.15, 0.2) is 31.9 Å². The van der Waals surface area contributed by atoms with E-state index < -0.39 is 0 Å². The molecule has 1 fully saturated rings. The Bertz CT molecular complexity index is 515. The van der Waals surface area contributed by atoms with E-state index in [1.165, 1.54) is 19.3 Å². The molecule has 1 nitrogen and oxygen atoms in total. The topological polar surface area (TPSA) is 9.23 Å². The zero-order valence-electron chi connectivity index (χ0n) is 15.6. The smallest absolute Gasteiger partial charge is 0.130 e. The third-order valence-electron chi connectivity index (χ3n) is 5.12. The average molecular weight is 333 g/mol. The number of benzene rings is 1. The molecule has 1 atom stereocenters. The standard InChI is InChI=1S/C20H29FO.C2H4/c1-5-14(4)22-20-13-19(21)18(12-16(20)7-3)17-10-8-15(6-2)9-11-17;1-2/h7,12-15,17H,3,5-6,8-11H2,1-2,4H3;1-2H2. The van der Waals surface area contributed by atoms with Crippen molar-refractivity contribution < 1.29 is 9.13 Å². The molecule has 24 heavy (non-hydrogen) atoms. The van der Waals surface area contributed by atoms with Crippen LogP contribution in [0.3, 0.4) is 0 Å². The van der Waals surface area contributed by atoms with Gasteiger partial charge in [0.05, 0.1) is 6.10 Å². The first-order valence-corrected chi connectivity index (χ1v) is 9.21. The van der Waals surface area contributed by atoms with E-state index >= 15 is 0 Å². The summed E-state index contributed by atoms with van der Waals surface area (Å²) in [5.74, 6) is 1.67. The summed E-state index contributed by atoms with van der Waals surface area (Å²) in [4.78, 5) is 0. The maximum Gasteiger partial charge on any atom is 0.130 e. The fourth-order valence-corrected chi connectivity index (χ4v) is 3.35. The summed E-state index contributed by atoms with van der Waals surface area (Å²) < 4.78 is 20.4. The Morgan fingerprint density at radius 3 is 2.33 bits per heavy atom. The number of rotatable bonds is 6. The number of hydrogen-bond donors (Lipinski definition) is 0. The molecule has 1 aliphatic rings. The Morgan fingerprint density at radius 2 is 1.83 bits per heavy atom. The van der Waals surface area contributed by atoms with E-state index in [9.17, 15) is 4.39 Å². The molecule has 1 unspecified atom stereocenters. The highest BCUT2D eigenvalue weighted by Gasteiger charge is 2.24. The third-order valence-corrected chi connectivity index (χ3v) is 5.12. The van der Waals surface area contributed by atoms with Crippen LogP contribution in [0.2, 0.25) is 0 Å². The molecular formula is C22H33FO. The van der Waals surface area contributed by atoms with Gasteiger partial charge < -0.3 is 4.74 Å². The lowest BCUT2D eigenvalue weighted by Gasteiger charge is -2.29. The first-order valence-electron chi connectivity index (χ1n) is 9.21. The van der Waals surface area contributed by atoms with Crippen molar-refractivity contribution in [2.24, 2.45) is 5.92 Å². The van der Waals surface area contributed by atoms with Crippen molar-refractivity contribution in [3.05, 3.63) is 48.8 Å². The van der Waals surface area contributed by atoms with Gasteiger partial charge in [0.1, 0.15) is 11.6 Å². The van der Waals surface area contributed by atoms with Crippen molar-refractivity contribution in [2.45, 2.75) is 71.3 Å². The zero-order valence-corrected chi connectivity index (χ0v) is 15.6. The van der Waals surface area contributed by atoms with Crippen LogP contribution < -0.4 is 4.74 Å². The quantitative estimate of drug-likeness (QED) is 0.503. The molecule has 1 saturated carbocycles. The molecule has 0 aromatic heterocycles. The van der Waals surface area contributed by atoms with Crippen molar-refractivity contribution in [1.82, 2.24) is 0 Å². The number of hydrogen-bond acceptors (Lipinski definition) is 1. The second kappa shape index (κ2) is 10.3. The first-order chi connectivity index (χ1) is 11.6. The minimum absolute atomic E-state index is 0.0870. The summed E-state index contributed by atoms with van der Waals surface area (Å²) in [5.41, 5.74) is 1.76. The van der Waals surface area contributed by atoms with Gasteiger partial charge in [-0.15, -0.1) is 13.2 Å². The number of ether oxygens (including phenoxy) is 1. The predicted molar refractivity (Wildman–Crippen MR) is 103 cm³/mol. The van der Waals surface area contributed by atoms with Gasteiger partial charge in [0.25, 0.3) is 0 Å². The Balaban J connectivity index is 0.00000139. The van der Waals surface area contributed by atoms with Crippen LogP contribution in [-0.4, -0.2) is 6.10 Å². The predicted octanol–water partition coefficient (Wildman–Crippen LogP) is 7.13. The van der Waals surface area contributed by atoms with Gasteiger partial charge >= 0.3 is 0 Å². The molecule has 0 radical (unpaired) electrons. The van der Waals surface area contributed by atoms with E-state index in [2.05, 4.69) is 33.6 Å². The van der Waals surface area contributed by atoms with E-state index in [0.29, 0.717) is 11.7 Å². The van der Waals surface area contributed by atoms with Crippen LogP contribution in [0.5, 0.6) is 5.75 Å². The summed E-state index contributed by atoms with van der Waals surface area (Å²) in [7, 11) is 0. The minimum Gasteiger partial charge on any atom is -0.490 e. The maximum absolute atomic E-state index is 14.6. The fraction of sp³-hybridized carbons (Fsp3) is 0.545. The molecule has 0 heterocycles. The molecule has 134 valence electrons. The normalized spacial score (nSPS) is 21.3. The van der Waals surface area contributed by atoms with Crippen LogP contribution in [0, 0.1) is 11.7 Å². The molecule has 0 N–H and O–H groups in total. The van der Waals surface area contributed by atoms with Crippen LogP contribution >= 0.6 is 0 Å². The molecule has 2 rings (SSSR count). The van der Waals surface area contributed by atoms with Crippen molar-refractivity contribution in [2.75, 3.05) is 0 Å². The van der Waals surface area contributed by atoms with Crippen molar-refractivity contribution in [1.29, 1.82) is 0 Å². The third kappa shape index (κ3) is 5.22. The van der Waals surface area contributed by atoms with Gasteiger partial charge in [-0.2, -0.15) is 0 Å². The summed E-state index contributed by atoms with van der Waals surface area (Å²) in [6, 6.07) is 3.52. The summed E-state index contributed by atoms with van der Waals surface area (Å²) >= 11 is 0. The Hall–Kier alpha value is -1.57. The molecule has 0 saturated heterocycles. The van der Waals surface area contributed by atoms with E-state index in [0.717, 1.165) is 36.3 Å². The van der Waals surface area contributed by atoms with Gasteiger partial charge in [-0.3, -0.25) is 0 Å². The molecule has 0 amide bonds. The Kier molecular flexibility index (Phi) is 8.81. The Morgan fingerprint density at radius 1 is 1.21 bits per heavy atom. The highest BCUT2D eigenvalue weighted by atomic mass is 19.1. The molecule has 0 spiro atoms.